The van der Waals surface area contributed by atoms with Gasteiger partial charge in [-0.15, -0.1) is 0 Å². The number of amides is 1. The summed E-state index contributed by atoms with van der Waals surface area (Å²) < 4.78 is 16.8. The number of ether oxygens (including phenoxy) is 3. The second-order valence-electron chi connectivity index (χ2n) is 29.5. The molecule has 7 unspecified atom stereocenters. The molecule has 0 bridgehead atoms. The van der Waals surface area contributed by atoms with Crippen molar-refractivity contribution in [3.8, 4) is 0 Å². The van der Waals surface area contributed by atoms with E-state index in [9.17, 15) is 35.1 Å². The summed E-state index contributed by atoms with van der Waals surface area (Å²) in [6, 6.07) is -0.821. The van der Waals surface area contributed by atoms with Gasteiger partial charge in [0.1, 0.15) is 24.4 Å². The fourth-order valence-corrected chi connectivity index (χ4v) is 13.8. The SMILES string of the molecule is CCCCC/C=C/CC/C=C/C(O)C(COC1OC(CO)C(O)C(O)C1O)NC(=O)CCCCCCCCCCCCCCCCCCCCCCCCCCCCCCCCCCCCCCCCCOC(=O)CCCCCCCCCCCCCCCCCCCCC. The van der Waals surface area contributed by atoms with Crippen molar-refractivity contribution in [3.63, 3.8) is 0 Å². The summed E-state index contributed by atoms with van der Waals surface area (Å²) in [5.41, 5.74) is 0. The lowest BCUT2D eigenvalue weighted by Crippen LogP contribution is -2.60. The first-order valence-corrected chi connectivity index (χ1v) is 42.1. The highest BCUT2D eigenvalue weighted by molar-refractivity contribution is 5.76. The second-order valence-corrected chi connectivity index (χ2v) is 29.5. The van der Waals surface area contributed by atoms with Gasteiger partial charge in [0.05, 0.1) is 32.0 Å². The van der Waals surface area contributed by atoms with Crippen LogP contribution >= 0.6 is 0 Å². The van der Waals surface area contributed by atoms with E-state index in [4.69, 9.17) is 14.2 Å². The number of aliphatic hydroxyl groups is 5. The number of aliphatic hydroxyl groups excluding tert-OH is 5. The predicted octanol–water partition coefficient (Wildman–Crippen LogP) is 23.1. The first-order chi connectivity index (χ1) is 46.7. The molecule has 1 heterocycles. The maximum absolute atomic E-state index is 13.0. The Kier molecular flexibility index (Phi) is 70.4. The Balaban J connectivity index is 1.81. The molecule has 0 aliphatic carbocycles. The van der Waals surface area contributed by atoms with Crippen molar-refractivity contribution in [1.82, 2.24) is 5.32 Å². The number of carbonyl (C=O) groups excluding carboxylic acids is 2. The van der Waals surface area contributed by atoms with Crippen LogP contribution < -0.4 is 5.32 Å². The third kappa shape index (κ3) is 61.7. The monoisotopic (exact) mass is 1340 g/mol. The van der Waals surface area contributed by atoms with E-state index in [2.05, 4.69) is 31.3 Å². The molecule has 0 aromatic carbocycles. The molecule has 1 amide bonds. The largest absolute Gasteiger partial charge is 0.466 e. The van der Waals surface area contributed by atoms with Crippen LogP contribution in [0.25, 0.3) is 0 Å². The number of allylic oxidation sites excluding steroid dienone is 3. The Morgan fingerprint density at radius 1 is 0.379 bits per heavy atom. The Bertz CT molecular complexity index is 1630. The molecule has 0 spiro atoms. The molecular weight excluding hydrogens is 1180 g/mol. The van der Waals surface area contributed by atoms with Crippen LogP contribution in [0.4, 0.5) is 0 Å². The first-order valence-electron chi connectivity index (χ1n) is 42.1. The van der Waals surface area contributed by atoms with E-state index < -0.39 is 49.5 Å². The lowest BCUT2D eigenvalue weighted by molar-refractivity contribution is -0.302. The van der Waals surface area contributed by atoms with E-state index in [0.717, 1.165) is 51.4 Å². The van der Waals surface area contributed by atoms with Crippen molar-refractivity contribution in [1.29, 1.82) is 0 Å². The summed E-state index contributed by atoms with van der Waals surface area (Å²) in [4.78, 5) is 25.2. The van der Waals surface area contributed by atoms with Crippen LogP contribution in [0, 0.1) is 0 Å². The van der Waals surface area contributed by atoms with Crippen molar-refractivity contribution >= 4 is 11.9 Å². The maximum atomic E-state index is 13.0. The van der Waals surface area contributed by atoms with Gasteiger partial charge in [-0.25, -0.2) is 0 Å². The smallest absolute Gasteiger partial charge is 0.305 e. The molecule has 0 aromatic heterocycles. The van der Waals surface area contributed by atoms with Gasteiger partial charge in [0.2, 0.25) is 5.91 Å². The fraction of sp³-hybridized carbons (Fsp3) is 0.929. The van der Waals surface area contributed by atoms with Gasteiger partial charge in [-0.05, 0) is 44.9 Å². The summed E-state index contributed by atoms with van der Waals surface area (Å²) in [5, 5.41) is 54.3. The molecule has 1 fully saturated rings. The number of hydrogen-bond donors (Lipinski definition) is 6. The zero-order valence-corrected chi connectivity index (χ0v) is 62.9. The summed E-state index contributed by atoms with van der Waals surface area (Å²) in [7, 11) is 0. The van der Waals surface area contributed by atoms with Gasteiger partial charge >= 0.3 is 5.97 Å². The van der Waals surface area contributed by atoms with Crippen LogP contribution in [0.2, 0.25) is 0 Å². The number of unbranched alkanes of at least 4 members (excludes halogenated alkanes) is 60. The highest BCUT2D eigenvalue weighted by Crippen LogP contribution is 2.24. The Labute approximate surface area is 588 Å². The van der Waals surface area contributed by atoms with Gasteiger partial charge < -0.3 is 45.1 Å². The lowest BCUT2D eigenvalue weighted by Gasteiger charge is -2.40. The minimum atomic E-state index is -1.57. The number of carbonyl (C=O) groups is 2. The van der Waals surface area contributed by atoms with Crippen molar-refractivity contribution < 1.29 is 49.3 Å². The molecule has 11 heteroatoms. The average molecular weight is 1350 g/mol. The topological polar surface area (TPSA) is 175 Å². The van der Waals surface area contributed by atoms with Gasteiger partial charge in [-0.2, -0.15) is 0 Å². The second kappa shape index (κ2) is 73.4. The normalized spacial score (nSPS) is 17.4. The van der Waals surface area contributed by atoms with Crippen LogP contribution in [0.3, 0.4) is 0 Å². The van der Waals surface area contributed by atoms with Gasteiger partial charge in [0, 0.05) is 12.8 Å². The number of esters is 1. The van der Waals surface area contributed by atoms with E-state index in [0.29, 0.717) is 19.4 Å². The minimum absolute atomic E-state index is 0.0241. The summed E-state index contributed by atoms with van der Waals surface area (Å²) in [6.45, 7) is 4.34. The van der Waals surface area contributed by atoms with Crippen LogP contribution in [-0.4, -0.2) is 100 Å². The molecule has 1 aliphatic rings. The number of rotatable bonds is 76. The molecule has 95 heavy (non-hydrogen) atoms. The maximum Gasteiger partial charge on any atom is 0.305 e. The summed E-state index contributed by atoms with van der Waals surface area (Å²) in [5.74, 6) is -0.162. The fourth-order valence-electron chi connectivity index (χ4n) is 13.8. The third-order valence-electron chi connectivity index (χ3n) is 20.3. The average Bonchev–Trinajstić information content (AvgIpc) is 0.834. The minimum Gasteiger partial charge on any atom is -0.466 e. The molecule has 0 saturated carbocycles. The molecule has 562 valence electrons. The van der Waals surface area contributed by atoms with E-state index in [1.807, 2.05) is 6.08 Å². The lowest BCUT2D eigenvalue weighted by atomic mass is 9.99. The van der Waals surface area contributed by atoms with Crippen LogP contribution in [0.1, 0.15) is 438 Å². The number of nitrogens with one attached hydrogen (secondary N) is 1. The van der Waals surface area contributed by atoms with Gasteiger partial charge in [0.15, 0.2) is 6.29 Å². The van der Waals surface area contributed by atoms with E-state index in [1.165, 1.54) is 360 Å². The predicted molar refractivity (Wildman–Crippen MR) is 403 cm³/mol. The highest BCUT2D eigenvalue weighted by atomic mass is 16.7. The van der Waals surface area contributed by atoms with E-state index in [-0.39, 0.29) is 18.5 Å². The molecule has 1 rings (SSSR count). The van der Waals surface area contributed by atoms with E-state index in [1.54, 1.807) is 6.08 Å². The quantitative estimate of drug-likeness (QED) is 0.0195. The molecule has 1 saturated heterocycles. The van der Waals surface area contributed by atoms with Crippen molar-refractivity contribution in [2.45, 2.75) is 480 Å². The Morgan fingerprint density at radius 2 is 0.684 bits per heavy atom. The standard InChI is InChI=1S/C84H161NO10/c1-3-5-7-9-11-13-14-15-16-17-39-43-46-49-52-56-60-64-68-72-80(89)93-73-69-65-61-57-53-50-47-44-41-38-36-34-32-30-28-26-24-22-20-18-19-21-23-25-27-29-31-33-35-37-40-42-45-48-51-55-59-63-67-71-79(88)85-76(77(87)70-66-62-58-54-12-10-8-6-4-2)75-94-84-83(92)82(91)81(90)78(74-86)95-84/h12,54,66,70,76-78,81-84,86-87,90-92H,3-11,13-53,55-65,67-69,71-75H2,1-2H3,(H,85,88)/b54-12+,70-66+. The number of hydrogen-bond acceptors (Lipinski definition) is 10. The van der Waals surface area contributed by atoms with Crippen LogP contribution in [0.15, 0.2) is 24.3 Å². The van der Waals surface area contributed by atoms with Gasteiger partial charge in [-0.3, -0.25) is 9.59 Å². The van der Waals surface area contributed by atoms with Gasteiger partial charge in [0.25, 0.3) is 0 Å². The molecule has 11 nitrogen and oxygen atoms in total. The zero-order chi connectivity index (χ0) is 68.6. The summed E-state index contributed by atoms with van der Waals surface area (Å²) in [6.07, 6.45) is 85.6. The molecular formula is C84H161NO10. The van der Waals surface area contributed by atoms with Crippen LogP contribution in [-0.2, 0) is 23.8 Å². The third-order valence-corrected chi connectivity index (χ3v) is 20.3. The molecule has 1 aliphatic heterocycles. The van der Waals surface area contributed by atoms with Crippen molar-refractivity contribution in [3.05, 3.63) is 24.3 Å². The Morgan fingerprint density at radius 3 is 1.04 bits per heavy atom. The molecule has 0 radical (unpaired) electrons. The van der Waals surface area contributed by atoms with E-state index >= 15 is 0 Å². The van der Waals surface area contributed by atoms with Gasteiger partial charge in [-0.1, -0.05) is 404 Å². The molecule has 6 N–H and O–H groups in total. The molecule has 0 aromatic rings. The Hall–Kier alpha value is -1.86. The first kappa shape index (κ1) is 91.2. The van der Waals surface area contributed by atoms with Crippen molar-refractivity contribution in [2.75, 3.05) is 19.8 Å². The molecule has 7 atom stereocenters. The van der Waals surface area contributed by atoms with Crippen LogP contribution in [0.5, 0.6) is 0 Å². The highest BCUT2D eigenvalue weighted by Gasteiger charge is 2.44. The zero-order valence-electron chi connectivity index (χ0n) is 62.9. The van der Waals surface area contributed by atoms with Crippen molar-refractivity contribution in [2.24, 2.45) is 0 Å². The summed E-state index contributed by atoms with van der Waals surface area (Å²) >= 11 is 0.